The summed E-state index contributed by atoms with van der Waals surface area (Å²) >= 11 is 3.27. The summed E-state index contributed by atoms with van der Waals surface area (Å²) in [6, 6.07) is 10.5. The molecule has 0 unspecified atom stereocenters. The van der Waals surface area contributed by atoms with Gasteiger partial charge in [0.2, 0.25) is 0 Å². The van der Waals surface area contributed by atoms with E-state index >= 15 is 0 Å². The summed E-state index contributed by atoms with van der Waals surface area (Å²) in [6.07, 6.45) is 0. The molecule has 4 rings (SSSR count). The first kappa shape index (κ1) is 21.6. The number of phenols is 1. The number of anilines is 1. The van der Waals surface area contributed by atoms with Crippen LogP contribution in [0.1, 0.15) is 28.5 Å². The fraction of sp³-hybridized carbons (Fsp3) is 0.174. The number of nitrogens with zero attached hydrogens (tertiary/aromatic N) is 2. The van der Waals surface area contributed by atoms with Crippen molar-refractivity contribution in [2.45, 2.75) is 19.9 Å². The Morgan fingerprint density at radius 1 is 1.16 bits per heavy atom. The molecule has 0 spiro atoms. The summed E-state index contributed by atoms with van der Waals surface area (Å²) < 4.78 is 10.7. The Labute approximate surface area is 191 Å². The first-order valence-corrected chi connectivity index (χ1v) is 10.4. The Bertz CT molecular complexity index is 1260. The zero-order valence-electron chi connectivity index (χ0n) is 17.4. The highest BCUT2D eigenvalue weighted by Crippen LogP contribution is 2.45. The van der Waals surface area contributed by atoms with E-state index in [2.05, 4.69) is 21.1 Å². The highest BCUT2D eigenvalue weighted by Gasteiger charge is 2.48. The Balaban J connectivity index is 1.99. The number of benzene rings is 2. The number of methoxy groups -OCH3 is 1. The summed E-state index contributed by atoms with van der Waals surface area (Å²) in [5.74, 6) is -1.48. The van der Waals surface area contributed by atoms with E-state index in [1.807, 2.05) is 6.92 Å². The molecule has 1 aliphatic heterocycles. The van der Waals surface area contributed by atoms with Crippen LogP contribution < -0.4 is 9.64 Å². The van der Waals surface area contributed by atoms with Crippen molar-refractivity contribution in [2.24, 2.45) is 0 Å². The highest BCUT2D eigenvalue weighted by molar-refractivity contribution is 9.10. The molecule has 2 N–H and O–H groups in total. The molecule has 164 valence electrons. The fourth-order valence-electron chi connectivity index (χ4n) is 3.63. The van der Waals surface area contributed by atoms with Crippen LogP contribution in [0.15, 0.2) is 57.0 Å². The van der Waals surface area contributed by atoms with Gasteiger partial charge in [0.15, 0.2) is 17.3 Å². The highest BCUT2D eigenvalue weighted by atomic mass is 79.9. The molecule has 0 saturated carbocycles. The number of aliphatic hydroxyl groups is 1. The lowest BCUT2D eigenvalue weighted by Crippen LogP contribution is -2.29. The number of aromatic nitrogens is 1. The molecule has 1 saturated heterocycles. The molecular formula is C23H19BrN2O6. The van der Waals surface area contributed by atoms with Gasteiger partial charge in [-0.1, -0.05) is 35.0 Å². The number of phenolic OH excluding ortho intramolecular Hbond substituents is 1. The zero-order chi connectivity index (χ0) is 23.2. The molecule has 2 aromatic carbocycles. The molecule has 1 fully saturated rings. The fourth-order valence-corrected chi connectivity index (χ4v) is 4.08. The number of ether oxygens (including phenoxy) is 1. The van der Waals surface area contributed by atoms with Gasteiger partial charge >= 0.3 is 5.91 Å². The number of hydrogen-bond acceptors (Lipinski definition) is 7. The van der Waals surface area contributed by atoms with E-state index < -0.39 is 17.7 Å². The Morgan fingerprint density at radius 3 is 2.44 bits per heavy atom. The van der Waals surface area contributed by atoms with Crippen LogP contribution in [0.2, 0.25) is 0 Å². The molecule has 9 heteroatoms. The molecule has 0 radical (unpaired) electrons. The number of ketones is 1. The van der Waals surface area contributed by atoms with Gasteiger partial charge in [-0.25, -0.2) is 0 Å². The topological polar surface area (TPSA) is 113 Å². The van der Waals surface area contributed by atoms with Gasteiger partial charge in [0.1, 0.15) is 11.5 Å². The van der Waals surface area contributed by atoms with Gasteiger partial charge in [-0.05, 0) is 47.5 Å². The number of carbonyl (C=O) groups is 2. The molecular weight excluding hydrogens is 480 g/mol. The average molecular weight is 499 g/mol. The number of Topliss-reactive ketones (excluding diaryl/α,β-unsaturated/α-hetero) is 1. The van der Waals surface area contributed by atoms with Gasteiger partial charge in [0.05, 0.1) is 23.2 Å². The Hall–Kier alpha value is -3.59. The van der Waals surface area contributed by atoms with Gasteiger partial charge < -0.3 is 19.5 Å². The van der Waals surface area contributed by atoms with Crippen LogP contribution in [-0.4, -0.2) is 34.2 Å². The van der Waals surface area contributed by atoms with Crippen LogP contribution in [0.3, 0.4) is 0 Å². The van der Waals surface area contributed by atoms with Crippen LogP contribution >= 0.6 is 15.9 Å². The molecule has 1 amide bonds. The van der Waals surface area contributed by atoms with Gasteiger partial charge in [0, 0.05) is 11.6 Å². The largest absolute Gasteiger partial charge is 0.507 e. The molecule has 3 aromatic rings. The second kappa shape index (κ2) is 8.16. The van der Waals surface area contributed by atoms with Crippen molar-refractivity contribution in [2.75, 3.05) is 12.0 Å². The number of rotatable bonds is 4. The van der Waals surface area contributed by atoms with Gasteiger partial charge in [-0.3, -0.25) is 14.5 Å². The smallest absolute Gasteiger partial charge is 0.301 e. The number of aromatic hydroxyl groups is 1. The monoisotopic (exact) mass is 498 g/mol. The second-order valence-electron chi connectivity index (χ2n) is 7.38. The molecule has 1 aromatic heterocycles. The van der Waals surface area contributed by atoms with Gasteiger partial charge in [-0.15, -0.1) is 0 Å². The summed E-state index contributed by atoms with van der Waals surface area (Å²) in [6.45, 7) is 3.56. The minimum atomic E-state index is -1.04. The summed E-state index contributed by atoms with van der Waals surface area (Å²) in [5.41, 5.74) is 1.67. The van der Waals surface area contributed by atoms with Crippen molar-refractivity contribution in [3.63, 3.8) is 0 Å². The van der Waals surface area contributed by atoms with Crippen molar-refractivity contribution < 1.29 is 29.1 Å². The molecule has 2 heterocycles. The lowest BCUT2D eigenvalue weighted by atomic mass is 9.94. The lowest BCUT2D eigenvalue weighted by molar-refractivity contribution is -0.132. The number of halogens is 1. The van der Waals surface area contributed by atoms with Crippen LogP contribution in [0.4, 0.5) is 5.82 Å². The first-order valence-electron chi connectivity index (χ1n) is 9.60. The number of carbonyl (C=O) groups excluding carboxylic acids is 2. The van der Waals surface area contributed by atoms with E-state index in [9.17, 15) is 19.8 Å². The number of aryl methyl sites for hydroxylation is 2. The third-order valence-corrected chi connectivity index (χ3v) is 5.82. The minimum absolute atomic E-state index is 0.112. The zero-order valence-corrected chi connectivity index (χ0v) is 19.0. The van der Waals surface area contributed by atoms with E-state index in [4.69, 9.17) is 9.26 Å². The van der Waals surface area contributed by atoms with Crippen LogP contribution in [0.25, 0.3) is 5.76 Å². The Morgan fingerprint density at radius 2 is 1.84 bits per heavy atom. The van der Waals surface area contributed by atoms with E-state index in [0.29, 0.717) is 21.4 Å². The average Bonchev–Trinajstić information content (AvgIpc) is 3.31. The van der Waals surface area contributed by atoms with Crippen molar-refractivity contribution >= 4 is 39.2 Å². The van der Waals surface area contributed by atoms with Crippen molar-refractivity contribution in [3.8, 4) is 11.5 Å². The second-order valence-corrected chi connectivity index (χ2v) is 8.24. The van der Waals surface area contributed by atoms with Gasteiger partial charge in [0.25, 0.3) is 5.78 Å². The number of hydrogen-bond donors (Lipinski definition) is 2. The van der Waals surface area contributed by atoms with Crippen LogP contribution in [-0.2, 0) is 9.59 Å². The predicted octanol–water partition coefficient (Wildman–Crippen LogP) is 4.39. The van der Waals surface area contributed by atoms with E-state index in [0.717, 1.165) is 10.5 Å². The molecule has 1 aliphatic rings. The van der Waals surface area contributed by atoms with E-state index in [1.165, 1.54) is 19.2 Å². The Kier molecular flexibility index (Phi) is 5.52. The predicted molar refractivity (Wildman–Crippen MR) is 120 cm³/mol. The normalized spacial score (nSPS) is 17.8. The van der Waals surface area contributed by atoms with Crippen molar-refractivity contribution in [1.29, 1.82) is 0 Å². The molecule has 1 atom stereocenters. The first-order chi connectivity index (χ1) is 15.2. The molecule has 0 bridgehead atoms. The summed E-state index contributed by atoms with van der Waals surface area (Å²) in [7, 11) is 1.38. The SMILES string of the molecule is COc1cc([C@H]2/C(=C(\O)c3ccc(C)cc3)C(=O)C(=O)N2c2cc(C)on2)cc(Br)c1O. The number of aliphatic hydroxyl groups excluding tert-OH is 1. The molecule has 32 heavy (non-hydrogen) atoms. The third kappa shape index (κ3) is 3.54. The quantitative estimate of drug-likeness (QED) is 0.311. The maximum Gasteiger partial charge on any atom is 0.301 e. The van der Waals surface area contributed by atoms with E-state index in [-0.39, 0.29) is 28.6 Å². The number of amides is 1. The standard InChI is InChI=1S/C23H19BrN2O6/c1-11-4-6-13(7-5-11)20(27)18-19(14-9-15(24)21(28)16(10-14)31-3)26(23(30)22(18)29)17-8-12(2)32-25-17/h4-10,19,27-28H,1-3H3/b20-18+/t19-/m0/s1. The maximum absolute atomic E-state index is 13.1. The van der Waals surface area contributed by atoms with Crippen LogP contribution in [0.5, 0.6) is 11.5 Å². The van der Waals surface area contributed by atoms with Gasteiger partial charge in [-0.2, -0.15) is 0 Å². The van der Waals surface area contributed by atoms with Crippen molar-refractivity contribution in [1.82, 2.24) is 5.16 Å². The lowest BCUT2D eigenvalue weighted by Gasteiger charge is -2.23. The van der Waals surface area contributed by atoms with E-state index in [1.54, 1.807) is 37.3 Å². The van der Waals surface area contributed by atoms with Crippen molar-refractivity contribution in [3.05, 3.63) is 75.0 Å². The molecule has 0 aliphatic carbocycles. The summed E-state index contributed by atoms with van der Waals surface area (Å²) in [4.78, 5) is 27.3. The summed E-state index contributed by atoms with van der Waals surface area (Å²) in [5, 5.41) is 25.2. The minimum Gasteiger partial charge on any atom is -0.507 e. The maximum atomic E-state index is 13.1. The molecule has 8 nitrogen and oxygen atoms in total. The van der Waals surface area contributed by atoms with Crippen LogP contribution in [0, 0.1) is 13.8 Å². The third-order valence-electron chi connectivity index (χ3n) is 5.22.